The Kier molecular flexibility index (Phi) is 2.85. The number of hydrogen-bond acceptors (Lipinski definition) is 2. The van der Waals surface area contributed by atoms with Crippen molar-refractivity contribution in [3.8, 4) is 0 Å². The Labute approximate surface area is 116 Å². The molecule has 6 atom stereocenters. The van der Waals surface area contributed by atoms with E-state index in [1.165, 1.54) is 25.3 Å². The van der Waals surface area contributed by atoms with Crippen molar-refractivity contribution in [2.24, 2.45) is 35.0 Å². The fraction of sp³-hybridized carbons (Fsp3) is 0.824. The Morgan fingerprint density at radius 1 is 1.42 bits per heavy atom. The number of carbonyl (C=O) groups excluding carboxylic acids is 1. The van der Waals surface area contributed by atoms with E-state index in [4.69, 9.17) is 4.74 Å². The van der Waals surface area contributed by atoms with Gasteiger partial charge in [0.25, 0.3) is 0 Å². The predicted molar refractivity (Wildman–Crippen MR) is 75.5 cm³/mol. The molecule has 3 fully saturated rings. The van der Waals surface area contributed by atoms with Gasteiger partial charge in [-0.3, -0.25) is 4.79 Å². The molecule has 3 rings (SSSR count). The van der Waals surface area contributed by atoms with E-state index in [2.05, 4.69) is 27.4 Å². The van der Waals surface area contributed by atoms with E-state index in [0.717, 1.165) is 30.1 Å². The van der Waals surface area contributed by atoms with Gasteiger partial charge in [0.2, 0.25) is 0 Å². The van der Waals surface area contributed by atoms with Crippen LogP contribution >= 0.6 is 0 Å². The van der Waals surface area contributed by atoms with Crippen molar-refractivity contribution in [2.45, 2.75) is 53.1 Å². The molecule has 2 heteroatoms. The van der Waals surface area contributed by atoms with Gasteiger partial charge in [0, 0.05) is 6.92 Å². The first-order valence-corrected chi connectivity index (χ1v) is 7.75. The molecule has 0 aromatic heterocycles. The highest BCUT2D eigenvalue weighted by atomic mass is 16.5. The van der Waals surface area contributed by atoms with Crippen LogP contribution in [0.1, 0.15) is 47.0 Å². The Morgan fingerprint density at radius 2 is 2.11 bits per heavy atom. The maximum atomic E-state index is 11.2. The zero-order valence-electron chi connectivity index (χ0n) is 12.6. The van der Waals surface area contributed by atoms with Crippen LogP contribution in [0.3, 0.4) is 0 Å². The third-order valence-corrected chi connectivity index (χ3v) is 6.28. The lowest BCUT2D eigenvalue weighted by atomic mass is 9.69. The largest absolute Gasteiger partial charge is 0.458 e. The van der Waals surface area contributed by atoms with Crippen LogP contribution in [0, 0.1) is 35.0 Å². The SMILES string of the molecule is C=C1[C@H](OC(C)=O)C[C@]23[C@@H](C)CCC(C(C)C)[C@H]2[C@H]13. The molecule has 1 spiro atoms. The van der Waals surface area contributed by atoms with Crippen LogP contribution in [0.2, 0.25) is 0 Å². The minimum absolute atomic E-state index is 0.00730. The summed E-state index contributed by atoms with van der Waals surface area (Å²) in [6.07, 6.45) is 3.72. The molecule has 0 bridgehead atoms. The van der Waals surface area contributed by atoms with Crippen LogP contribution in [0.15, 0.2) is 12.2 Å². The average Bonchev–Trinajstić information content (AvgIpc) is 2.89. The zero-order valence-corrected chi connectivity index (χ0v) is 12.6. The molecule has 3 saturated carbocycles. The third kappa shape index (κ3) is 1.64. The molecule has 3 aliphatic carbocycles. The molecule has 0 N–H and O–H groups in total. The number of hydrogen-bond donors (Lipinski definition) is 0. The van der Waals surface area contributed by atoms with Gasteiger partial charge in [-0.25, -0.2) is 0 Å². The molecule has 19 heavy (non-hydrogen) atoms. The van der Waals surface area contributed by atoms with Gasteiger partial charge in [0.05, 0.1) is 0 Å². The number of fused-ring (bicyclic) bond motifs is 1. The summed E-state index contributed by atoms with van der Waals surface area (Å²) < 4.78 is 5.47. The predicted octanol–water partition coefficient (Wildman–Crippen LogP) is 3.81. The molecule has 0 heterocycles. The molecular formula is C17H26O2. The summed E-state index contributed by atoms with van der Waals surface area (Å²) in [6.45, 7) is 12.9. The summed E-state index contributed by atoms with van der Waals surface area (Å²) in [6, 6.07) is 0. The molecule has 0 aromatic rings. The molecular weight excluding hydrogens is 236 g/mol. The van der Waals surface area contributed by atoms with Gasteiger partial charge < -0.3 is 4.74 Å². The first-order chi connectivity index (χ1) is 8.89. The fourth-order valence-electron chi connectivity index (χ4n) is 5.42. The van der Waals surface area contributed by atoms with Gasteiger partial charge in [-0.15, -0.1) is 0 Å². The summed E-state index contributed by atoms with van der Waals surface area (Å²) in [5.41, 5.74) is 1.63. The highest BCUT2D eigenvalue weighted by Crippen LogP contribution is 2.79. The van der Waals surface area contributed by atoms with E-state index >= 15 is 0 Å². The van der Waals surface area contributed by atoms with E-state index in [1.807, 2.05) is 0 Å². The molecule has 1 unspecified atom stereocenters. The highest BCUT2D eigenvalue weighted by molar-refractivity contribution is 5.66. The second-order valence-corrected chi connectivity index (χ2v) is 7.38. The van der Waals surface area contributed by atoms with E-state index in [9.17, 15) is 4.79 Å². The maximum Gasteiger partial charge on any atom is 0.303 e. The molecule has 0 radical (unpaired) electrons. The van der Waals surface area contributed by atoms with E-state index in [0.29, 0.717) is 11.3 Å². The van der Waals surface area contributed by atoms with Gasteiger partial charge in [0.15, 0.2) is 0 Å². The Morgan fingerprint density at radius 3 is 2.68 bits per heavy atom. The monoisotopic (exact) mass is 262 g/mol. The molecule has 0 aliphatic heterocycles. The minimum Gasteiger partial charge on any atom is -0.458 e. The van der Waals surface area contributed by atoms with Crippen molar-refractivity contribution in [3.05, 3.63) is 12.2 Å². The van der Waals surface area contributed by atoms with Gasteiger partial charge in [-0.2, -0.15) is 0 Å². The minimum atomic E-state index is -0.163. The fourth-order valence-corrected chi connectivity index (χ4v) is 5.42. The smallest absolute Gasteiger partial charge is 0.303 e. The van der Waals surface area contributed by atoms with E-state index in [1.54, 1.807) is 0 Å². The van der Waals surface area contributed by atoms with Crippen molar-refractivity contribution < 1.29 is 9.53 Å². The lowest BCUT2D eigenvalue weighted by molar-refractivity contribution is -0.145. The van der Waals surface area contributed by atoms with Crippen LogP contribution in [0.5, 0.6) is 0 Å². The first-order valence-electron chi connectivity index (χ1n) is 7.75. The lowest BCUT2D eigenvalue weighted by Crippen LogP contribution is -2.31. The highest BCUT2D eigenvalue weighted by Gasteiger charge is 2.75. The molecule has 3 aliphatic rings. The average molecular weight is 262 g/mol. The Bertz CT molecular complexity index is 425. The summed E-state index contributed by atoms with van der Waals surface area (Å²) in [4.78, 5) is 11.2. The second kappa shape index (κ2) is 4.10. The van der Waals surface area contributed by atoms with Crippen molar-refractivity contribution in [2.75, 3.05) is 0 Å². The van der Waals surface area contributed by atoms with Crippen molar-refractivity contribution in [1.82, 2.24) is 0 Å². The summed E-state index contributed by atoms with van der Waals surface area (Å²) in [5, 5.41) is 0. The standard InChI is InChI=1S/C17H26O2/c1-9(2)13-7-6-10(3)17-8-14(19-12(5)18)11(4)15(17)16(13)17/h9-10,13-16H,4,6-8H2,1-3,5H3/t10-,13?,14+,15-,16-,17+/m0/s1. The molecule has 0 aromatic carbocycles. The molecule has 0 saturated heterocycles. The lowest BCUT2D eigenvalue weighted by Gasteiger charge is -2.36. The molecule has 106 valence electrons. The molecule has 2 nitrogen and oxygen atoms in total. The van der Waals surface area contributed by atoms with E-state index < -0.39 is 0 Å². The number of rotatable bonds is 2. The number of esters is 1. The van der Waals surface area contributed by atoms with Gasteiger partial charge in [-0.1, -0.05) is 27.4 Å². The number of ether oxygens (including phenoxy) is 1. The Balaban J connectivity index is 1.83. The first kappa shape index (κ1) is 13.2. The number of carbonyl (C=O) groups is 1. The van der Waals surface area contributed by atoms with Gasteiger partial charge in [-0.05, 0) is 59.8 Å². The van der Waals surface area contributed by atoms with Gasteiger partial charge in [0.1, 0.15) is 6.10 Å². The van der Waals surface area contributed by atoms with Crippen molar-refractivity contribution in [3.63, 3.8) is 0 Å². The maximum absolute atomic E-state index is 11.2. The second-order valence-electron chi connectivity index (χ2n) is 7.38. The van der Waals surface area contributed by atoms with Crippen LogP contribution in [-0.4, -0.2) is 12.1 Å². The van der Waals surface area contributed by atoms with Crippen molar-refractivity contribution >= 4 is 5.97 Å². The third-order valence-electron chi connectivity index (χ3n) is 6.28. The van der Waals surface area contributed by atoms with E-state index in [-0.39, 0.29) is 12.1 Å². The van der Waals surface area contributed by atoms with Crippen LogP contribution < -0.4 is 0 Å². The zero-order chi connectivity index (χ0) is 13.9. The van der Waals surface area contributed by atoms with Crippen LogP contribution in [-0.2, 0) is 9.53 Å². The topological polar surface area (TPSA) is 26.3 Å². The quantitative estimate of drug-likeness (QED) is 0.558. The summed E-state index contributed by atoms with van der Waals surface area (Å²) in [7, 11) is 0. The van der Waals surface area contributed by atoms with Crippen molar-refractivity contribution in [1.29, 1.82) is 0 Å². The van der Waals surface area contributed by atoms with Crippen LogP contribution in [0.25, 0.3) is 0 Å². The molecule has 0 amide bonds. The normalized spacial score (nSPS) is 47.8. The summed E-state index contributed by atoms with van der Waals surface area (Å²) in [5.74, 6) is 3.65. The van der Waals surface area contributed by atoms with Crippen LogP contribution in [0.4, 0.5) is 0 Å². The summed E-state index contributed by atoms with van der Waals surface area (Å²) >= 11 is 0. The Hall–Kier alpha value is -0.790. The van der Waals surface area contributed by atoms with Gasteiger partial charge >= 0.3 is 5.97 Å².